The third kappa shape index (κ3) is 76.1. The molecular formula is C82H160O17P2. The van der Waals surface area contributed by atoms with Gasteiger partial charge in [0.15, 0.2) is 12.2 Å². The first kappa shape index (κ1) is 99.1. The SMILES string of the molecule is CCCCCCCCCCCCCCCCCC(=O)O[C@H](COC(=O)CCCCCCCCCCC)COP(=O)(O)OC[C@H](O)COP(=O)(O)OC[C@@H](COC(=O)CCCCCCCCCCCCCCCC(C)C)OC(=O)CCCCCCCCCCCCCCCCCCCCC(C)C. The molecule has 0 radical (unpaired) electrons. The Kier molecular flexibility index (Phi) is 72.2. The zero-order valence-electron chi connectivity index (χ0n) is 66.2. The molecule has 101 heavy (non-hydrogen) atoms. The third-order valence-electron chi connectivity index (χ3n) is 19.2. The first-order valence-corrected chi connectivity index (χ1v) is 45.5. The van der Waals surface area contributed by atoms with E-state index in [0.717, 1.165) is 102 Å². The van der Waals surface area contributed by atoms with Gasteiger partial charge in [0.05, 0.1) is 26.4 Å². The number of rotatable bonds is 81. The van der Waals surface area contributed by atoms with Crippen molar-refractivity contribution in [1.82, 2.24) is 0 Å². The maximum absolute atomic E-state index is 13.1. The van der Waals surface area contributed by atoms with Crippen LogP contribution in [0.1, 0.15) is 433 Å². The number of ether oxygens (including phenoxy) is 4. The van der Waals surface area contributed by atoms with Gasteiger partial charge in [-0.05, 0) is 37.5 Å². The summed E-state index contributed by atoms with van der Waals surface area (Å²) in [6.45, 7) is 9.69. The highest BCUT2D eigenvalue weighted by Crippen LogP contribution is 2.45. The van der Waals surface area contributed by atoms with E-state index < -0.39 is 97.5 Å². The number of phosphoric ester groups is 2. The minimum Gasteiger partial charge on any atom is -0.462 e. The Morgan fingerprint density at radius 3 is 0.673 bits per heavy atom. The Hall–Kier alpha value is -1.94. The summed E-state index contributed by atoms with van der Waals surface area (Å²) in [5.41, 5.74) is 0. The molecule has 19 heteroatoms. The Morgan fingerprint density at radius 2 is 0.455 bits per heavy atom. The molecule has 0 fully saturated rings. The van der Waals surface area contributed by atoms with Gasteiger partial charge in [-0.3, -0.25) is 37.3 Å². The van der Waals surface area contributed by atoms with Crippen LogP contribution in [0.3, 0.4) is 0 Å². The Morgan fingerprint density at radius 1 is 0.267 bits per heavy atom. The normalized spacial score (nSPS) is 13.9. The van der Waals surface area contributed by atoms with Gasteiger partial charge in [-0.2, -0.15) is 0 Å². The summed E-state index contributed by atoms with van der Waals surface area (Å²) in [6, 6.07) is 0. The number of phosphoric acid groups is 2. The predicted molar refractivity (Wildman–Crippen MR) is 414 cm³/mol. The van der Waals surface area contributed by atoms with E-state index in [4.69, 9.17) is 37.0 Å². The molecule has 0 saturated heterocycles. The molecule has 0 aliphatic heterocycles. The number of aliphatic hydroxyl groups excluding tert-OH is 1. The average Bonchev–Trinajstić information content (AvgIpc) is 0.958. The fourth-order valence-electron chi connectivity index (χ4n) is 12.7. The molecule has 0 aromatic carbocycles. The van der Waals surface area contributed by atoms with Crippen molar-refractivity contribution in [3.63, 3.8) is 0 Å². The molecule has 0 aliphatic rings. The number of hydrogen-bond acceptors (Lipinski definition) is 15. The number of unbranched alkanes of at least 4 members (excludes halogenated alkanes) is 51. The van der Waals surface area contributed by atoms with E-state index >= 15 is 0 Å². The highest BCUT2D eigenvalue weighted by Gasteiger charge is 2.30. The summed E-state index contributed by atoms with van der Waals surface area (Å²) in [5.74, 6) is -0.496. The van der Waals surface area contributed by atoms with E-state index in [-0.39, 0.29) is 25.7 Å². The zero-order valence-corrected chi connectivity index (χ0v) is 68.0. The van der Waals surface area contributed by atoms with E-state index in [0.29, 0.717) is 25.7 Å². The van der Waals surface area contributed by atoms with E-state index in [1.54, 1.807) is 0 Å². The zero-order chi connectivity index (χ0) is 74.2. The molecule has 17 nitrogen and oxygen atoms in total. The van der Waals surface area contributed by atoms with E-state index in [1.165, 1.54) is 250 Å². The lowest BCUT2D eigenvalue weighted by molar-refractivity contribution is -0.161. The minimum atomic E-state index is -4.96. The monoisotopic (exact) mass is 1480 g/mol. The molecule has 0 amide bonds. The van der Waals surface area contributed by atoms with Crippen molar-refractivity contribution >= 4 is 39.5 Å². The quantitative estimate of drug-likeness (QED) is 0.0222. The Balaban J connectivity index is 5.21. The number of carbonyl (C=O) groups excluding carboxylic acids is 4. The first-order chi connectivity index (χ1) is 48.9. The van der Waals surface area contributed by atoms with Crippen molar-refractivity contribution in [1.29, 1.82) is 0 Å². The molecule has 0 spiro atoms. The van der Waals surface area contributed by atoms with Gasteiger partial charge in [0.1, 0.15) is 19.3 Å². The second-order valence-corrected chi connectivity index (χ2v) is 33.4. The molecule has 0 aliphatic carbocycles. The summed E-state index contributed by atoms with van der Waals surface area (Å²) >= 11 is 0. The minimum absolute atomic E-state index is 0.108. The first-order valence-electron chi connectivity index (χ1n) is 42.5. The Bertz CT molecular complexity index is 1940. The van der Waals surface area contributed by atoms with Gasteiger partial charge in [0.25, 0.3) is 0 Å². The summed E-state index contributed by atoms with van der Waals surface area (Å²) in [5, 5.41) is 10.6. The van der Waals surface area contributed by atoms with E-state index in [9.17, 15) is 43.2 Å². The van der Waals surface area contributed by atoms with E-state index in [1.807, 2.05) is 0 Å². The van der Waals surface area contributed by atoms with Gasteiger partial charge in [0, 0.05) is 25.7 Å². The summed E-state index contributed by atoms with van der Waals surface area (Å²) in [7, 11) is -9.92. The molecule has 0 heterocycles. The highest BCUT2D eigenvalue weighted by atomic mass is 31.2. The molecule has 0 rings (SSSR count). The van der Waals surface area contributed by atoms with Crippen LogP contribution in [0, 0.1) is 11.8 Å². The van der Waals surface area contributed by atoms with Crippen molar-refractivity contribution in [3.05, 3.63) is 0 Å². The molecule has 0 aromatic rings. The average molecular weight is 1480 g/mol. The van der Waals surface area contributed by atoms with Crippen LogP contribution in [0.25, 0.3) is 0 Å². The van der Waals surface area contributed by atoms with Crippen molar-refractivity contribution in [2.75, 3.05) is 39.6 Å². The molecular weight excluding hydrogens is 1320 g/mol. The number of aliphatic hydroxyl groups is 1. The van der Waals surface area contributed by atoms with Crippen molar-refractivity contribution in [3.8, 4) is 0 Å². The van der Waals surface area contributed by atoms with Crippen LogP contribution in [0.5, 0.6) is 0 Å². The second-order valence-electron chi connectivity index (χ2n) is 30.5. The number of hydrogen-bond donors (Lipinski definition) is 3. The smallest absolute Gasteiger partial charge is 0.462 e. The van der Waals surface area contributed by atoms with Crippen LogP contribution in [0.4, 0.5) is 0 Å². The highest BCUT2D eigenvalue weighted by molar-refractivity contribution is 7.47. The Labute approximate surface area is 619 Å². The van der Waals surface area contributed by atoms with Crippen LogP contribution in [-0.4, -0.2) is 96.7 Å². The van der Waals surface area contributed by atoms with Crippen LogP contribution in [0.2, 0.25) is 0 Å². The van der Waals surface area contributed by atoms with Crippen LogP contribution in [0.15, 0.2) is 0 Å². The van der Waals surface area contributed by atoms with Gasteiger partial charge in [-0.1, -0.05) is 382 Å². The van der Waals surface area contributed by atoms with E-state index in [2.05, 4.69) is 41.5 Å². The van der Waals surface area contributed by atoms with Crippen molar-refractivity contribution in [2.45, 2.75) is 452 Å². The maximum atomic E-state index is 13.1. The fourth-order valence-corrected chi connectivity index (χ4v) is 14.3. The lowest BCUT2D eigenvalue weighted by Crippen LogP contribution is -2.30. The van der Waals surface area contributed by atoms with Gasteiger partial charge in [0.2, 0.25) is 0 Å². The molecule has 0 saturated carbocycles. The molecule has 600 valence electrons. The number of carbonyl (C=O) groups is 4. The van der Waals surface area contributed by atoms with Crippen molar-refractivity contribution < 1.29 is 80.2 Å². The fraction of sp³-hybridized carbons (Fsp3) is 0.951. The maximum Gasteiger partial charge on any atom is 0.472 e. The van der Waals surface area contributed by atoms with Gasteiger partial charge >= 0.3 is 39.5 Å². The largest absolute Gasteiger partial charge is 0.472 e. The van der Waals surface area contributed by atoms with Crippen LogP contribution < -0.4 is 0 Å². The van der Waals surface area contributed by atoms with Gasteiger partial charge in [-0.25, -0.2) is 9.13 Å². The molecule has 5 atom stereocenters. The predicted octanol–water partition coefficient (Wildman–Crippen LogP) is 24.7. The molecule has 3 N–H and O–H groups in total. The molecule has 0 aromatic heterocycles. The second kappa shape index (κ2) is 73.6. The van der Waals surface area contributed by atoms with Crippen LogP contribution in [-0.2, 0) is 65.4 Å². The molecule has 0 bridgehead atoms. The third-order valence-corrected chi connectivity index (χ3v) is 21.1. The van der Waals surface area contributed by atoms with Gasteiger partial charge < -0.3 is 33.8 Å². The van der Waals surface area contributed by atoms with Gasteiger partial charge in [-0.15, -0.1) is 0 Å². The van der Waals surface area contributed by atoms with Crippen molar-refractivity contribution in [2.24, 2.45) is 11.8 Å². The molecule has 2 unspecified atom stereocenters. The van der Waals surface area contributed by atoms with Crippen LogP contribution >= 0.6 is 15.6 Å². The summed E-state index contributed by atoms with van der Waals surface area (Å²) in [6.07, 6.45) is 63.8. The summed E-state index contributed by atoms with van der Waals surface area (Å²) in [4.78, 5) is 73.0. The topological polar surface area (TPSA) is 237 Å². The standard InChI is InChI=1S/C82H160O17P2/c1-7-9-11-13-15-17-18-19-24-30-36-42-48-54-60-66-81(86)98-77(70-92-79(84)64-58-52-46-38-16-14-12-10-8-2)72-96-100(88,89)94-68-76(83)69-95-101(90,91)97-73-78(71-93-80(85)65-59-53-47-41-35-32-27-29-34-40-45-51-57-63-75(5)6)99-82(87)67-61-55-49-43-37-31-26-23-21-20-22-25-28-33-39-44-50-56-62-74(3)4/h74-78,83H,7-73H2,1-6H3,(H,88,89)(H,90,91)/t76-,77+,78+/m0/s1. The lowest BCUT2D eigenvalue weighted by Gasteiger charge is -2.21. The lowest BCUT2D eigenvalue weighted by atomic mass is 10.0. The summed E-state index contributed by atoms with van der Waals surface area (Å²) < 4.78 is 68.7. The number of esters is 4.